The van der Waals surface area contributed by atoms with E-state index in [2.05, 4.69) is 15.5 Å². The lowest BCUT2D eigenvalue weighted by Crippen LogP contribution is -2.32. The van der Waals surface area contributed by atoms with Gasteiger partial charge in [0.25, 0.3) is 5.91 Å². The van der Waals surface area contributed by atoms with Crippen LogP contribution in [0.3, 0.4) is 0 Å². The maximum absolute atomic E-state index is 12.7. The highest BCUT2D eigenvalue weighted by atomic mass is 35.5. The number of rotatable bonds is 9. The summed E-state index contributed by atoms with van der Waals surface area (Å²) in [5, 5.41) is 10.8. The van der Waals surface area contributed by atoms with E-state index in [4.69, 9.17) is 42.1 Å². The molecule has 1 amide bonds. The molecule has 0 bridgehead atoms. The topological polar surface area (TPSA) is 108 Å². The maximum Gasteiger partial charge on any atom is 0.258 e. The van der Waals surface area contributed by atoms with Crippen LogP contribution in [0, 0.1) is 0 Å². The molecule has 0 heterocycles. The molecule has 1 unspecified atom stereocenters. The summed E-state index contributed by atoms with van der Waals surface area (Å²) in [6.45, 7) is 1.21. The van der Waals surface area contributed by atoms with Crippen molar-refractivity contribution < 1.29 is 28.5 Å². The Balaban J connectivity index is 2.34. The molecule has 2 aromatic carbocycles. The third kappa shape index (κ3) is 5.77. The predicted molar refractivity (Wildman–Crippen MR) is 117 cm³/mol. The first-order chi connectivity index (χ1) is 14.7. The summed E-state index contributed by atoms with van der Waals surface area (Å²) in [5.74, 6) is 0.159. The summed E-state index contributed by atoms with van der Waals surface area (Å²) in [5.41, 5.74) is 0.360. The quantitative estimate of drug-likeness (QED) is 0.420. The van der Waals surface area contributed by atoms with Gasteiger partial charge in [0, 0.05) is 24.3 Å². The van der Waals surface area contributed by atoms with E-state index in [9.17, 15) is 9.59 Å². The number of hydrogen-bond acceptors (Lipinski definition) is 8. The molecule has 1 atom stereocenters. The molecule has 9 nitrogen and oxygen atoms in total. The minimum absolute atomic E-state index is 0.146. The minimum atomic E-state index is -1.45. The average molecular weight is 470 g/mol. The van der Waals surface area contributed by atoms with Gasteiger partial charge in [0.2, 0.25) is 6.04 Å². The molecular formula is C20H21Cl2N3O6. The zero-order valence-electron chi connectivity index (χ0n) is 17.5. The highest BCUT2D eigenvalue weighted by molar-refractivity contribution is 6.34. The van der Waals surface area contributed by atoms with Gasteiger partial charge in [0.05, 0.1) is 44.2 Å². The monoisotopic (exact) mass is 469 g/mol. The molecule has 2 aromatic rings. The van der Waals surface area contributed by atoms with Crippen molar-refractivity contribution in [1.29, 1.82) is 0 Å². The number of methoxy groups -OCH3 is 4. The Morgan fingerprint density at radius 1 is 0.871 bits per heavy atom. The zero-order chi connectivity index (χ0) is 23.1. The normalized spacial score (nSPS) is 11.7. The van der Waals surface area contributed by atoms with Crippen LogP contribution in [-0.2, 0) is 9.59 Å². The zero-order valence-corrected chi connectivity index (χ0v) is 19.0. The molecule has 0 saturated heterocycles. The van der Waals surface area contributed by atoms with Crippen LogP contribution in [0.5, 0.6) is 23.0 Å². The summed E-state index contributed by atoms with van der Waals surface area (Å²) < 4.78 is 20.7. The lowest BCUT2D eigenvalue weighted by atomic mass is 10.2. The van der Waals surface area contributed by atoms with E-state index in [1.165, 1.54) is 53.6 Å². The lowest BCUT2D eigenvalue weighted by Gasteiger charge is -2.14. The largest absolute Gasteiger partial charge is 0.497 e. The van der Waals surface area contributed by atoms with Gasteiger partial charge < -0.3 is 24.3 Å². The number of Topliss-reactive ketones (excluding diaryl/α,β-unsaturated/α-hetero) is 1. The van der Waals surface area contributed by atoms with Crippen molar-refractivity contribution in [2.24, 2.45) is 10.2 Å². The van der Waals surface area contributed by atoms with Crippen LogP contribution in [0.1, 0.15) is 6.92 Å². The molecular weight excluding hydrogens is 449 g/mol. The van der Waals surface area contributed by atoms with Crippen molar-refractivity contribution in [1.82, 2.24) is 0 Å². The van der Waals surface area contributed by atoms with E-state index in [1.54, 1.807) is 6.07 Å². The molecule has 0 saturated carbocycles. The first-order valence-corrected chi connectivity index (χ1v) is 9.56. The van der Waals surface area contributed by atoms with E-state index in [0.29, 0.717) is 17.2 Å². The van der Waals surface area contributed by atoms with Gasteiger partial charge >= 0.3 is 0 Å². The van der Waals surface area contributed by atoms with Crippen molar-refractivity contribution in [2.45, 2.75) is 13.0 Å². The third-order valence-corrected chi connectivity index (χ3v) is 4.70. The van der Waals surface area contributed by atoms with Gasteiger partial charge in [-0.05, 0) is 6.92 Å². The number of nitrogens with zero attached hydrogens (tertiary/aromatic N) is 2. The van der Waals surface area contributed by atoms with Gasteiger partial charge in [0.1, 0.15) is 11.4 Å². The molecule has 2 rings (SSSR count). The van der Waals surface area contributed by atoms with Gasteiger partial charge in [-0.15, -0.1) is 5.11 Å². The molecule has 0 aliphatic heterocycles. The van der Waals surface area contributed by atoms with Gasteiger partial charge in [-0.25, -0.2) is 0 Å². The maximum atomic E-state index is 12.7. The second-order valence-electron chi connectivity index (χ2n) is 6.07. The third-order valence-electron chi connectivity index (χ3n) is 4.10. The minimum Gasteiger partial charge on any atom is -0.497 e. The molecule has 0 radical (unpaired) electrons. The fourth-order valence-electron chi connectivity index (χ4n) is 2.51. The number of halogens is 2. The molecule has 1 N–H and O–H groups in total. The smallest absolute Gasteiger partial charge is 0.258 e. The van der Waals surface area contributed by atoms with Gasteiger partial charge in [0.15, 0.2) is 23.0 Å². The second-order valence-corrected chi connectivity index (χ2v) is 6.88. The fourth-order valence-corrected chi connectivity index (χ4v) is 2.94. The Kier molecular flexibility index (Phi) is 8.47. The molecule has 166 valence electrons. The van der Waals surface area contributed by atoms with Crippen molar-refractivity contribution in [3.8, 4) is 23.0 Å². The Labute approximate surface area is 189 Å². The molecule has 0 aliphatic carbocycles. The summed E-state index contributed by atoms with van der Waals surface area (Å²) in [7, 11) is 5.78. The number of azo groups is 1. The van der Waals surface area contributed by atoms with Crippen molar-refractivity contribution in [2.75, 3.05) is 33.8 Å². The number of carbonyl (C=O) groups is 2. The number of carbonyl (C=O) groups excluding carboxylic acids is 2. The molecule has 31 heavy (non-hydrogen) atoms. The van der Waals surface area contributed by atoms with Crippen LogP contribution in [0.4, 0.5) is 11.4 Å². The van der Waals surface area contributed by atoms with Crippen LogP contribution in [-0.4, -0.2) is 46.2 Å². The van der Waals surface area contributed by atoms with E-state index in [0.717, 1.165) is 0 Å². The van der Waals surface area contributed by atoms with Crippen molar-refractivity contribution in [3.05, 3.63) is 34.3 Å². The molecule has 0 aromatic heterocycles. The van der Waals surface area contributed by atoms with E-state index in [-0.39, 0.29) is 27.2 Å². The average Bonchev–Trinajstić information content (AvgIpc) is 2.75. The van der Waals surface area contributed by atoms with Gasteiger partial charge in [-0.3, -0.25) is 9.59 Å². The van der Waals surface area contributed by atoms with Crippen molar-refractivity contribution >= 4 is 46.3 Å². The van der Waals surface area contributed by atoms with Crippen LogP contribution >= 0.6 is 23.2 Å². The SMILES string of the molecule is COc1cc(Cl)c(N=NC(C(C)=O)C(=O)Nc2cc(OC)c(OC)cc2Cl)c(OC)c1. The number of amides is 1. The lowest BCUT2D eigenvalue weighted by molar-refractivity contribution is -0.126. The fraction of sp³-hybridized carbons (Fsp3) is 0.300. The molecule has 0 spiro atoms. The van der Waals surface area contributed by atoms with Crippen LogP contribution in [0.15, 0.2) is 34.5 Å². The van der Waals surface area contributed by atoms with Gasteiger partial charge in [-0.2, -0.15) is 5.11 Å². The highest BCUT2D eigenvalue weighted by Crippen LogP contribution is 2.39. The predicted octanol–water partition coefficient (Wildman–Crippen LogP) is 4.71. The number of ether oxygens (including phenoxy) is 4. The second kappa shape index (κ2) is 10.8. The highest BCUT2D eigenvalue weighted by Gasteiger charge is 2.25. The number of nitrogens with one attached hydrogen (secondary N) is 1. The van der Waals surface area contributed by atoms with Crippen LogP contribution in [0.2, 0.25) is 10.0 Å². The Morgan fingerprint density at radius 2 is 1.48 bits per heavy atom. The number of ketones is 1. The number of anilines is 1. The summed E-state index contributed by atoms with van der Waals surface area (Å²) in [6.07, 6.45) is 0. The summed E-state index contributed by atoms with van der Waals surface area (Å²) in [4.78, 5) is 24.8. The molecule has 0 fully saturated rings. The van der Waals surface area contributed by atoms with Gasteiger partial charge in [-0.1, -0.05) is 23.2 Å². The Bertz CT molecular complexity index is 1010. The summed E-state index contributed by atoms with van der Waals surface area (Å²) in [6, 6.07) is 4.54. The van der Waals surface area contributed by atoms with E-state index < -0.39 is 17.7 Å². The Morgan fingerprint density at radius 3 is 2.03 bits per heavy atom. The van der Waals surface area contributed by atoms with Crippen molar-refractivity contribution in [3.63, 3.8) is 0 Å². The van der Waals surface area contributed by atoms with E-state index >= 15 is 0 Å². The Hall–Kier alpha value is -3.04. The number of benzene rings is 2. The van der Waals surface area contributed by atoms with E-state index in [1.807, 2.05) is 0 Å². The number of hydrogen-bond donors (Lipinski definition) is 1. The molecule has 0 aliphatic rings. The van der Waals surface area contributed by atoms with Crippen LogP contribution in [0.25, 0.3) is 0 Å². The molecule has 11 heteroatoms. The first kappa shape index (κ1) is 24.2. The van der Waals surface area contributed by atoms with Crippen LogP contribution < -0.4 is 24.3 Å². The summed E-state index contributed by atoms with van der Waals surface area (Å²) >= 11 is 12.4. The standard InChI is InChI=1S/C20H21Cl2N3O6/c1-10(26)18(24-25-19-13(22)6-11(28-2)7-17(19)31-5)20(27)23-14-9-16(30-4)15(29-3)8-12(14)21/h6-9,18H,1-5H3,(H,23,27). The first-order valence-electron chi connectivity index (χ1n) is 8.80.